The van der Waals surface area contributed by atoms with Gasteiger partial charge in [0.2, 0.25) is 0 Å². The molecule has 2 spiro atoms. The molecule has 156 valence electrons. The number of rotatable bonds is 2. The number of aliphatic imine (C=N–C) groups is 1. The van der Waals surface area contributed by atoms with Gasteiger partial charge in [-0.05, 0) is 38.1 Å². The average molecular weight is 412 g/mol. The molecule has 5 rings (SSSR count). The highest BCUT2D eigenvalue weighted by atomic mass is 19.1. The molecule has 1 atom stereocenters. The Morgan fingerprint density at radius 3 is 2.67 bits per heavy atom. The highest BCUT2D eigenvalue weighted by Gasteiger charge is 2.71. The van der Waals surface area contributed by atoms with Crippen LogP contribution in [0.2, 0.25) is 0 Å². The standard InChI is InChI=1S/C21H21FN4O4/c1-19(2)20(9-28-10-20)21(11-29-18(23)26-21)14-7-12(3-4-16(14)30-19)25-17(27)13-5-6-24-8-15(13)22/h3-8H,9-11H2,1-2H3,(H2,23,26)(H,25,27). The van der Waals surface area contributed by atoms with Gasteiger partial charge in [-0.15, -0.1) is 0 Å². The Morgan fingerprint density at radius 1 is 1.23 bits per heavy atom. The van der Waals surface area contributed by atoms with Gasteiger partial charge >= 0.3 is 0 Å². The Bertz CT molecular complexity index is 1080. The topological polar surface area (TPSA) is 108 Å². The summed E-state index contributed by atoms with van der Waals surface area (Å²) >= 11 is 0. The van der Waals surface area contributed by atoms with Crippen LogP contribution in [0.4, 0.5) is 10.1 Å². The Kier molecular flexibility index (Phi) is 3.85. The lowest BCUT2D eigenvalue weighted by molar-refractivity contribution is -0.247. The Balaban J connectivity index is 1.58. The SMILES string of the molecule is CC1(C)Oc2ccc(NC(=O)c3ccncc3F)cc2C2(COC(N)=N2)C12COC2. The van der Waals surface area contributed by atoms with E-state index in [0.717, 1.165) is 11.8 Å². The van der Waals surface area contributed by atoms with E-state index >= 15 is 0 Å². The number of nitrogens with zero attached hydrogens (tertiary/aromatic N) is 2. The molecule has 1 aromatic carbocycles. The number of pyridine rings is 1. The quantitative estimate of drug-likeness (QED) is 0.783. The van der Waals surface area contributed by atoms with Crippen LogP contribution in [0.1, 0.15) is 29.8 Å². The predicted octanol–water partition coefficient (Wildman–Crippen LogP) is 2.20. The fourth-order valence-corrected chi connectivity index (χ4v) is 4.61. The fraction of sp³-hybridized carbons (Fsp3) is 0.381. The van der Waals surface area contributed by atoms with Gasteiger partial charge in [-0.1, -0.05) is 0 Å². The lowest BCUT2D eigenvalue weighted by atomic mass is 9.55. The summed E-state index contributed by atoms with van der Waals surface area (Å²) in [5.74, 6) is -0.636. The maximum absolute atomic E-state index is 13.9. The number of nitrogens with two attached hydrogens (primary N) is 1. The van der Waals surface area contributed by atoms with Crippen LogP contribution in [0.25, 0.3) is 0 Å². The van der Waals surface area contributed by atoms with Crippen LogP contribution in [0.15, 0.2) is 41.7 Å². The first kappa shape index (κ1) is 18.8. The van der Waals surface area contributed by atoms with Crippen LogP contribution in [0.3, 0.4) is 0 Å². The molecule has 3 aliphatic heterocycles. The molecule has 3 aliphatic rings. The number of carbonyl (C=O) groups is 1. The molecule has 1 aromatic heterocycles. The largest absolute Gasteiger partial charge is 0.487 e. The van der Waals surface area contributed by atoms with E-state index in [-0.39, 0.29) is 18.2 Å². The molecule has 1 fully saturated rings. The van der Waals surface area contributed by atoms with Crippen molar-refractivity contribution in [2.75, 3.05) is 25.1 Å². The minimum Gasteiger partial charge on any atom is -0.487 e. The Labute approximate surface area is 172 Å². The van der Waals surface area contributed by atoms with E-state index < -0.39 is 28.3 Å². The summed E-state index contributed by atoms with van der Waals surface area (Å²) in [4.78, 5) is 20.9. The van der Waals surface area contributed by atoms with Crippen molar-refractivity contribution in [3.8, 4) is 5.75 Å². The van der Waals surface area contributed by atoms with E-state index in [0.29, 0.717) is 24.7 Å². The number of ether oxygens (including phenoxy) is 3. The first-order chi connectivity index (χ1) is 14.3. The van der Waals surface area contributed by atoms with Gasteiger partial charge in [0.25, 0.3) is 11.9 Å². The molecule has 1 unspecified atom stereocenters. The summed E-state index contributed by atoms with van der Waals surface area (Å²) in [5.41, 5.74) is 5.19. The molecule has 2 aromatic rings. The highest BCUT2D eigenvalue weighted by molar-refractivity contribution is 6.04. The van der Waals surface area contributed by atoms with Crippen molar-refractivity contribution in [1.29, 1.82) is 0 Å². The zero-order chi connectivity index (χ0) is 21.1. The number of benzene rings is 1. The van der Waals surface area contributed by atoms with Crippen molar-refractivity contribution < 1.29 is 23.4 Å². The summed E-state index contributed by atoms with van der Waals surface area (Å²) in [5, 5.41) is 2.74. The molecule has 4 heterocycles. The Hall–Kier alpha value is -3.20. The van der Waals surface area contributed by atoms with Gasteiger partial charge in [0.15, 0.2) is 5.82 Å². The van der Waals surface area contributed by atoms with Crippen LogP contribution in [-0.2, 0) is 15.0 Å². The lowest BCUT2D eigenvalue weighted by Crippen LogP contribution is -2.71. The smallest absolute Gasteiger partial charge is 0.283 e. The minimum absolute atomic E-state index is 0.0925. The van der Waals surface area contributed by atoms with Crippen LogP contribution < -0.4 is 15.8 Å². The van der Waals surface area contributed by atoms with Gasteiger partial charge < -0.3 is 25.3 Å². The van der Waals surface area contributed by atoms with E-state index in [4.69, 9.17) is 24.9 Å². The van der Waals surface area contributed by atoms with Crippen LogP contribution >= 0.6 is 0 Å². The second-order valence-electron chi connectivity index (χ2n) is 8.31. The second-order valence-corrected chi connectivity index (χ2v) is 8.31. The molecule has 1 saturated heterocycles. The molecule has 0 aliphatic carbocycles. The number of carbonyl (C=O) groups excluding carboxylic acids is 1. The van der Waals surface area contributed by atoms with Crippen molar-refractivity contribution in [1.82, 2.24) is 4.98 Å². The number of aromatic nitrogens is 1. The van der Waals surface area contributed by atoms with E-state index in [9.17, 15) is 9.18 Å². The summed E-state index contributed by atoms with van der Waals surface area (Å²) in [7, 11) is 0. The molecule has 9 heteroatoms. The maximum atomic E-state index is 13.9. The number of nitrogens with one attached hydrogen (secondary N) is 1. The van der Waals surface area contributed by atoms with E-state index in [1.807, 2.05) is 13.8 Å². The summed E-state index contributed by atoms with van der Waals surface area (Å²) in [6.45, 7) is 5.15. The lowest BCUT2D eigenvalue weighted by Gasteiger charge is -2.61. The number of fused-ring (bicyclic) bond motifs is 3. The zero-order valence-corrected chi connectivity index (χ0v) is 16.6. The summed E-state index contributed by atoms with van der Waals surface area (Å²) in [6.07, 6.45) is 2.36. The van der Waals surface area contributed by atoms with Crippen molar-refractivity contribution >= 4 is 17.6 Å². The van der Waals surface area contributed by atoms with Crippen LogP contribution in [-0.4, -0.2) is 42.3 Å². The third-order valence-corrected chi connectivity index (χ3v) is 6.44. The zero-order valence-electron chi connectivity index (χ0n) is 16.6. The second kappa shape index (κ2) is 6.15. The van der Waals surface area contributed by atoms with Crippen molar-refractivity contribution in [2.45, 2.75) is 25.0 Å². The number of halogens is 1. The molecule has 0 radical (unpaired) electrons. The molecule has 0 saturated carbocycles. The number of anilines is 1. The van der Waals surface area contributed by atoms with Gasteiger partial charge in [-0.25, -0.2) is 9.38 Å². The highest BCUT2D eigenvalue weighted by Crippen LogP contribution is 2.62. The van der Waals surface area contributed by atoms with Crippen molar-refractivity contribution in [2.24, 2.45) is 16.1 Å². The molecule has 1 amide bonds. The van der Waals surface area contributed by atoms with E-state index in [1.54, 1.807) is 18.2 Å². The van der Waals surface area contributed by atoms with Gasteiger partial charge in [-0.3, -0.25) is 9.78 Å². The van der Waals surface area contributed by atoms with Crippen LogP contribution in [0.5, 0.6) is 5.75 Å². The summed E-state index contributed by atoms with van der Waals surface area (Å²) in [6, 6.07) is 6.70. The average Bonchev–Trinajstić information content (AvgIpc) is 3.03. The Morgan fingerprint density at radius 2 is 2.03 bits per heavy atom. The van der Waals surface area contributed by atoms with Crippen LogP contribution in [0, 0.1) is 11.2 Å². The normalized spacial score (nSPS) is 25.0. The van der Waals surface area contributed by atoms with E-state index in [2.05, 4.69) is 10.3 Å². The molecular formula is C21H21FN4O4. The molecule has 0 bridgehead atoms. The number of hydrogen-bond donors (Lipinski definition) is 2. The monoisotopic (exact) mass is 412 g/mol. The predicted molar refractivity (Wildman–Crippen MR) is 106 cm³/mol. The van der Waals surface area contributed by atoms with Gasteiger partial charge in [-0.2, -0.15) is 0 Å². The first-order valence-corrected chi connectivity index (χ1v) is 9.58. The maximum Gasteiger partial charge on any atom is 0.283 e. The van der Waals surface area contributed by atoms with E-state index in [1.165, 1.54) is 12.3 Å². The van der Waals surface area contributed by atoms with Gasteiger partial charge in [0.05, 0.1) is 30.4 Å². The number of amides is 1. The minimum atomic E-state index is -0.810. The molecule has 8 nitrogen and oxygen atoms in total. The molecular weight excluding hydrogens is 391 g/mol. The van der Waals surface area contributed by atoms with Crippen molar-refractivity contribution in [3.63, 3.8) is 0 Å². The molecule has 30 heavy (non-hydrogen) atoms. The summed E-state index contributed by atoms with van der Waals surface area (Å²) < 4.78 is 31.5. The third-order valence-electron chi connectivity index (χ3n) is 6.44. The fourth-order valence-electron chi connectivity index (χ4n) is 4.61. The number of amidine groups is 1. The third kappa shape index (κ3) is 2.38. The molecule has 3 N–H and O–H groups in total. The van der Waals surface area contributed by atoms with Crippen molar-refractivity contribution in [3.05, 3.63) is 53.6 Å². The number of hydrogen-bond acceptors (Lipinski definition) is 7. The van der Waals surface area contributed by atoms with Gasteiger partial charge in [0, 0.05) is 17.4 Å². The van der Waals surface area contributed by atoms with Gasteiger partial charge in [0.1, 0.15) is 23.5 Å². The first-order valence-electron chi connectivity index (χ1n) is 9.58.